The summed E-state index contributed by atoms with van der Waals surface area (Å²) < 4.78 is 0. The highest BCUT2D eigenvalue weighted by atomic mass is 16.3. The van der Waals surface area contributed by atoms with Gasteiger partial charge in [0.15, 0.2) is 0 Å². The molecular formula is C13H20N2O2. The van der Waals surface area contributed by atoms with Crippen molar-refractivity contribution in [3.63, 3.8) is 0 Å². The third kappa shape index (κ3) is 2.97. The van der Waals surface area contributed by atoms with Crippen molar-refractivity contribution in [2.24, 2.45) is 0 Å². The molecule has 0 radical (unpaired) electrons. The molecule has 1 fully saturated rings. The summed E-state index contributed by atoms with van der Waals surface area (Å²) in [5.74, 6) is 0. The van der Waals surface area contributed by atoms with E-state index in [1.54, 1.807) is 0 Å². The van der Waals surface area contributed by atoms with Crippen molar-refractivity contribution in [3.8, 4) is 0 Å². The Hall–Kier alpha value is -1.10. The van der Waals surface area contributed by atoms with Gasteiger partial charge < -0.3 is 15.1 Å². The molecule has 1 aliphatic heterocycles. The van der Waals surface area contributed by atoms with Gasteiger partial charge in [0.05, 0.1) is 19.3 Å². The van der Waals surface area contributed by atoms with Crippen LogP contribution in [0.25, 0.3) is 0 Å². The Morgan fingerprint density at radius 2 is 1.53 bits per heavy atom. The van der Waals surface area contributed by atoms with Gasteiger partial charge in [-0.05, 0) is 12.1 Å². The Labute approximate surface area is 102 Å². The molecule has 0 amide bonds. The molecule has 1 aromatic carbocycles. The smallest absolute Gasteiger partial charge is 0.0609 e. The summed E-state index contributed by atoms with van der Waals surface area (Å²) in [4.78, 5) is 4.49. The van der Waals surface area contributed by atoms with Gasteiger partial charge in [0.25, 0.3) is 0 Å². The van der Waals surface area contributed by atoms with Gasteiger partial charge in [0, 0.05) is 31.9 Å². The highest BCUT2D eigenvalue weighted by Gasteiger charge is 2.22. The number of piperazine rings is 1. The Bertz CT molecular complexity index is 319. The summed E-state index contributed by atoms with van der Waals surface area (Å²) >= 11 is 0. The maximum atomic E-state index is 9.15. The van der Waals surface area contributed by atoms with Gasteiger partial charge in [-0.15, -0.1) is 0 Å². The Balaban J connectivity index is 1.90. The van der Waals surface area contributed by atoms with E-state index in [-0.39, 0.29) is 19.3 Å². The van der Waals surface area contributed by atoms with Crippen molar-refractivity contribution >= 4 is 5.69 Å². The highest BCUT2D eigenvalue weighted by Crippen LogP contribution is 2.16. The van der Waals surface area contributed by atoms with Crippen LogP contribution >= 0.6 is 0 Å². The van der Waals surface area contributed by atoms with Crippen LogP contribution in [0.1, 0.15) is 0 Å². The van der Waals surface area contributed by atoms with E-state index in [0.29, 0.717) is 0 Å². The van der Waals surface area contributed by atoms with Gasteiger partial charge in [-0.2, -0.15) is 0 Å². The first-order chi connectivity index (χ1) is 8.35. The Morgan fingerprint density at radius 3 is 2.06 bits per heavy atom. The van der Waals surface area contributed by atoms with Crippen LogP contribution in [0.5, 0.6) is 0 Å². The topological polar surface area (TPSA) is 46.9 Å². The first-order valence-corrected chi connectivity index (χ1v) is 6.11. The maximum Gasteiger partial charge on any atom is 0.0609 e. The summed E-state index contributed by atoms with van der Waals surface area (Å²) in [6.07, 6.45) is 0. The molecule has 0 spiro atoms. The molecule has 0 aromatic heterocycles. The summed E-state index contributed by atoms with van der Waals surface area (Å²) in [6, 6.07) is 10.2. The maximum absolute atomic E-state index is 9.15. The highest BCUT2D eigenvalue weighted by molar-refractivity contribution is 5.46. The third-order valence-corrected chi connectivity index (χ3v) is 3.37. The summed E-state index contributed by atoms with van der Waals surface area (Å²) in [5, 5.41) is 18.3. The van der Waals surface area contributed by atoms with Crippen molar-refractivity contribution in [2.45, 2.75) is 6.04 Å². The number of benzene rings is 1. The van der Waals surface area contributed by atoms with Crippen molar-refractivity contribution in [2.75, 3.05) is 44.3 Å². The predicted molar refractivity (Wildman–Crippen MR) is 68.2 cm³/mol. The zero-order valence-electron chi connectivity index (χ0n) is 10.00. The number of hydrogen-bond donors (Lipinski definition) is 2. The molecule has 4 heteroatoms. The average Bonchev–Trinajstić information content (AvgIpc) is 2.42. The van der Waals surface area contributed by atoms with Crippen molar-refractivity contribution in [1.29, 1.82) is 0 Å². The fraction of sp³-hybridized carbons (Fsp3) is 0.538. The number of rotatable bonds is 4. The SMILES string of the molecule is OCC(CO)N1CCN(c2ccccc2)CC1. The van der Waals surface area contributed by atoms with Gasteiger partial charge in [-0.25, -0.2) is 0 Å². The van der Waals surface area contributed by atoms with E-state index in [1.165, 1.54) is 5.69 Å². The third-order valence-electron chi connectivity index (χ3n) is 3.37. The summed E-state index contributed by atoms with van der Waals surface area (Å²) in [5.41, 5.74) is 1.25. The molecule has 94 valence electrons. The van der Waals surface area contributed by atoms with E-state index in [1.807, 2.05) is 18.2 Å². The Kier molecular flexibility index (Phi) is 4.36. The number of aliphatic hydroxyl groups excluding tert-OH is 2. The summed E-state index contributed by atoms with van der Waals surface area (Å²) in [6.45, 7) is 3.73. The molecule has 2 rings (SSSR count). The normalized spacial score (nSPS) is 17.7. The summed E-state index contributed by atoms with van der Waals surface area (Å²) in [7, 11) is 0. The number of anilines is 1. The monoisotopic (exact) mass is 236 g/mol. The minimum Gasteiger partial charge on any atom is -0.395 e. The number of aliphatic hydroxyl groups is 2. The molecule has 1 aliphatic rings. The van der Waals surface area contributed by atoms with E-state index in [9.17, 15) is 0 Å². The standard InChI is InChI=1S/C13H20N2O2/c16-10-13(11-17)15-8-6-14(7-9-15)12-4-2-1-3-5-12/h1-5,13,16-17H,6-11H2. The van der Waals surface area contributed by atoms with Crippen LogP contribution in [0.2, 0.25) is 0 Å². The van der Waals surface area contributed by atoms with Crippen LogP contribution in [0, 0.1) is 0 Å². The number of para-hydroxylation sites is 1. The van der Waals surface area contributed by atoms with Gasteiger partial charge in [-0.3, -0.25) is 4.90 Å². The molecule has 1 saturated heterocycles. The zero-order chi connectivity index (χ0) is 12.1. The fourth-order valence-electron chi connectivity index (χ4n) is 2.27. The molecule has 0 saturated carbocycles. The molecule has 1 aromatic rings. The second-order valence-corrected chi connectivity index (χ2v) is 4.38. The molecule has 1 heterocycles. The quantitative estimate of drug-likeness (QED) is 0.782. The first-order valence-electron chi connectivity index (χ1n) is 6.11. The fourth-order valence-corrected chi connectivity index (χ4v) is 2.27. The lowest BCUT2D eigenvalue weighted by molar-refractivity contribution is 0.0700. The molecular weight excluding hydrogens is 216 g/mol. The second kappa shape index (κ2) is 6.00. The molecule has 0 atom stereocenters. The lowest BCUT2D eigenvalue weighted by Gasteiger charge is -2.39. The zero-order valence-corrected chi connectivity index (χ0v) is 10.00. The molecule has 0 bridgehead atoms. The van der Waals surface area contributed by atoms with Gasteiger partial charge in [-0.1, -0.05) is 18.2 Å². The van der Waals surface area contributed by atoms with Crippen LogP contribution in [0.3, 0.4) is 0 Å². The van der Waals surface area contributed by atoms with Crippen LogP contribution < -0.4 is 4.90 Å². The molecule has 17 heavy (non-hydrogen) atoms. The van der Waals surface area contributed by atoms with Crippen molar-refractivity contribution in [3.05, 3.63) is 30.3 Å². The minimum absolute atomic E-state index is 0.0296. The first kappa shape index (κ1) is 12.4. The molecule has 0 aliphatic carbocycles. The lowest BCUT2D eigenvalue weighted by atomic mass is 10.2. The van der Waals surface area contributed by atoms with E-state index >= 15 is 0 Å². The van der Waals surface area contributed by atoms with E-state index in [4.69, 9.17) is 10.2 Å². The minimum atomic E-state index is -0.104. The molecule has 2 N–H and O–H groups in total. The van der Waals surface area contributed by atoms with Crippen LogP contribution in [0.4, 0.5) is 5.69 Å². The second-order valence-electron chi connectivity index (χ2n) is 4.38. The van der Waals surface area contributed by atoms with Crippen LogP contribution in [0.15, 0.2) is 30.3 Å². The molecule has 4 nitrogen and oxygen atoms in total. The van der Waals surface area contributed by atoms with Crippen LogP contribution in [-0.4, -0.2) is 60.5 Å². The van der Waals surface area contributed by atoms with Crippen molar-refractivity contribution < 1.29 is 10.2 Å². The average molecular weight is 236 g/mol. The Morgan fingerprint density at radius 1 is 0.941 bits per heavy atom. The van der Waals surface area contributed by atoms with Gasteiger partial charge >= 0.3 is 0 Å². The van der Waals surface area contributed by atoms with Crippen LogP contribution in [-0.2, 0) is 0 Å². The predicted octanol–water partition coefficient (Wildman–Crippen LogP) is 0.162. The van der Waals surface area contributed by atoms with E-state index < -0.39 is 0 Å². The number of nitrogens with zero attached hydrogens (tertiary/aromatic N) is 2. The van der Waals surface area contributed by atoms with Gasteiger partial charge in [0.1, 0.15) is 0 Å². The van der Waals surface area contributed by atoms with E-state index in [0.717, 1.165) is 26.2 Å². The largest absolute Gasteiger partial charge is 0.395 e. The van der Waals surface area contributed by atoms with Gasteiger partial charge in [0.2, 0.25) is 0 Å². The molecule has 0 unspecified atom stereocenters. The number of hydrogen-bond acceptors (Lipinski definition) is 4. The van der Waals surface area contributed by atoms with E-state index in [2.05, 4.69) is 21.9 Å². The van der Waals surface area contributed by atoms with Crippen molar-refractivity contribution in [1.82, 2.24) is 4.90 Å². The lowest BCUT2D eigenvalue weighted by Crippen LogP contribution is -2.52.